The van der Waals surface area contributed by atoms with E-state index >= 15 is 0 Å². The molecule has 41 heavy (non-hydrogen) atoms. The third kappa shape index (κ3) is 8.42. The standard InChI is InChI=1S/C25H26F6N6O3S/c1-16-4-3-11-37(14-16)41(38,39)20-9-7-17(8-10-20)13-32-21-34-22(36-23(35-21)40-15-24(26,27)28)33-19-6-2-5-18(12-19)25(29,30)31/h2,5-10,12,16H,3-4,11,13-15H2,1H3,(H2,32,33,34,35,36). The molecular formula is C25H26F6N6O3S. The van der Waals surface area contributed by atoms with Crippen molar-refractivity contribution in [2.45, 2.75) is 43.6 Å². The number of hydrogen-bond acceptors (Lipinski definition) is 8. The monoisotopic (exact) mass is 604 g/mol. The summed E-state index contributed by atoms with van der Waals surface area (Å²) in [5, 5.41) is 5.30. The largest absolute Gasteiger partial charge is 0.454 e. The van der Waals surface area contributed by atoms with Gasteiger partial charge in [-0.05, 0) is 54.7 Å². The molecule has 0 spiro atoms. The molecule has 222 valence electrons. The molecule has 1 aliphatic rings. The molecule has 1 saturated heterocycles. The highest BCUT2D eigenvalue weighted by molar-refractivity contribution is 7.89. The second-order valence-electron chi connectivity index (χ2n) is 9.48. The molecule has 0 radical (unpaired) electrons. The number of alkyl halides is 6. The Balaban J connectivity index is 1.50. The topological polar surface area (TPSA) is 109 Å². The average Bonchev–Trinajstić information content (AvgIpc) is 2.90. The summed E-state index contributed by atoms with van der Waals surface area (Å²) in [7, 11) is -3.66. The number of piperidine rings is 1. The fraction of sp³-hybridized carbons (Fsp3) is 0.400. The van der Waals surface area contributed by atoms with Crippen molar-refractivity contribution in [3.8, 4) is 6.01 Å². The molecule has 1 fully saturated rings. The second kappa shape index (κ2) is 12.1. The van der Waals surface area contributed by atoms with Gasteiger partial charge in [0.15, 0.2) is 6.61 Å². The Bertz CT molecular complexity index is 1450. The van der Waals surface area contributed by atoms with E-state index in [9.17, 15) is 34.8 Å². The molecule has 1 unspecified atom stereocenters. The van der Waals surface area contributed by atoms with Crippen LogP contribution in [0.2, 0.25) is 0 Å². The van der Waals surface area contributed by atoms with Gasteiger partial charge in [0.25, 0.3) is 0 Å². The lowest BCUT2D eigenvalue weighted by atomic mass is 10.0. The third-order valence-corrected chi connectivity index (χ3v) is 7.94. The third-order valence-electron chi connectivity index (χ3n) is 6.06. The van der Waals surface area contributed by atoms with Crippen LogP contribution in [0.5, 0.6) is 6.01 Å². The summed E-state index contributed by atoms with van der Waals surface area (Å²) >= 11 is 0. The molecule has 16 heteroatoms. The lowest BCUT2D eigenvalue weighted by Gasteiger charge is -2.30. The van der Waals surface area contributed by atoms with Crippen LogP contribution in [0.15, 0.2) is 53.4 Å². The summed E-state index contributed by atoms with van der Waals surface area (Å²) in [6.07, 6.45) is -7.56. The number of benzene rings is 2. The van der Waals surface area contributed by atoms with E-state index in [1.165, 1.54) is 22.5 Å². The lowest BCUT2D eigenvalue weighted by molar-refractivity contribution is -0.154. The number of hydrogen-bond donors (Lipinski definition) is 2. The predicted octanol–water partition coefficient (Wildman–Crippen LogP) is 5.61. The number of anilines is 3. The summed E-state index contributed by atoms with van der Waals surface area (Å²) < 4.78 is 109. The van der Waals surface area contributed by atoms with Crippen LogP contribution in [0.1, 0.15) is 30.9 Å². The normalized spacial score (nSPS) is 16.8. The minimum atomic E-state index is -4.69. The summed E-state index contributed by atoms with van der Waals surface area (Å²) in [4.78, 5) is 11.7. The molecule has 9 nitrogen and oxygen atoms in total. The van der Waals surface area contributed by atoms with E-state index in [0.29, 0.717) is 18.7 Å². The highest BCUT2D eigenvalue weighted by Crippen LogP contribution is 2.31. The van der Waals surface area contributed by atoms with Crippen molar-refractivity contribution in [1.29, 1.82) is 0 Å². The second-order valence-corrected chi connectivity index (χ2v) is 11.4. The zero-order valence-corrected chi connectivity index (χ0v) is 22.4. The van der Waals surface area contributed by atoms with Gasteiger partial charge in [0, 0.05) is 25.3 Å². The zero-order valence-electron chi connectivity index (χ0n) is 21.6. The van der Waals surface area contributed by atoms with E-state index in [2.05, 4.69) is 30.3 Å². The summed E-state index contributed by atoms with van der Waals surface area (Å²) in [6, 6.07) is 9.40. The molecule has 0 bridgehead atoms. The number of sulfonamides is 1. The first-order valence-electron chi connectivity index (χ1n) is 12.4. The Kier molecular flexibility index (Phi) is 8.91. The fourth-order valence-electron chi connectivity index (χ4n) is 4.08. The summed E-state index contributed by atoms with van der Waals surface area (Å²) in [6.45, 7) is 1.22. The molecule has 2 N–H and O–H groups in total. The van der Waals surface area contributed by atoms with Crippen molar-refractivity contribution < 1.29 is 39.5 Å². The lowest BCUT2D eigenvalue weighted by Crippen LogP contribution is -2.39. The van der Waals surface area contributed by atoms with E-state index in [4.69, 9.17) is 0 Å². The number of aromatic nitrogens is 3. The molecule has 1 atom stereocenters. The Morgan fingerprint density at radius 3 is 2.37 bits per heavy atom. The average molecular weight is 605 g/mol. The summed E-state index contributed by atoms with van der Waals surface area (Å²) in [5.41, 5.74) is -0.427. The maximum atomic E-state index is 13.1. The van der Waals surface area contributed by atoms with Gasteiger partial charge in [-0.2, -0.15) is 45.6 Å². The van der Waals surface area contributed by atoms with Crippen molar-refractivity contribution in [2.75, 3.05) is 30.3 Å². The van der Waals surface area contributed by atoms with Gasteiger partial charge in [0.1, 0.15) is 0 Å². The van der Waals surface area contributed by atoms with E-state index < -0.39 is 40.6 Å². The Labute approximate surface area is 232 Å². The van der Waals surface area contributed by atoms with E-state index in [1.54, 1.807) is 12.1 Å². The Hall–Kier alpha value is -3.66. The van der Waals surface area contributed by atoms with Crippen molar-refractivity contribution >= 4 is 27.6 Å². The molecule has 0 saturated carbocycles. The maximum absolute atomic E-state index is 13.1. The van der Waals surface area contributed by atoms with Crippen LogP contribution in [0, 0.1) is 5.92 Å². The number of ether oxygens (including phenoxy) is 1. The smallest absolute Gasteiger partial charge is 0.422 e. The van der Waals surface area contributed by atoms with E-state index in [1.807, 2.05) is 6.92 Å². The first kappa shape index (κ1) is 30.3. The minimum Gasteiger partial charge on any atom is -0.454 e. The van der Waals surface area contributed by atoms with Crippen molar-refractivity contribution in [1.82, 2.24) is 19.3 Å². The van der Waals surface area contributed by atoms with Gasteiger partial charge in [-0.1, -0.05) is 25.1 Å². The number of nitrogens with zero attached hydrogens (tertiary/aromatic N) is 4. The first-order chi connectivity index (χ1) is 19.2. The number of halogens is 6. The van der Waals surface area contributed by atoms with Crippen LogP contribution in [-0.2, 0) is 22.7 Å². The van der Waals surface area contributed by atoms with Crippen LogP contribution in [0.25, 0.3) is 0 Å². The van der Waals surface area contributed by atoms with E-state index in [-0.39, 0.29) is 34.9 Å². The Morgan fingerprint density at radius 1 is 1.00 bits per heavy atom. The van der Waals surface area contributed by atoms with Gasteiger partial charge in [-0.25, -0.2) is 8.42 Å². The van der Waals surface area contributed by atoms with Crippen LogP contribution in [-0.4, -0.2) is 53.5 Å². The van der Waals surface area contributed by atoms with Crippen LogP contribution >= 0.6 is 0 Å². The first-order valence-corrected chi connectivity index (χ1v) is 13.9. The number of nitrogens with one attached hydrogen (secondary N) is 2. The van der Waals surface area contributed by atoms with E-state index in [0.717, 1.165) is 31.0 Å². The molecular weight excluding hydrogens is 578 g/mol. The van der Waals surface area contributed by atoms with Crippen LogP contribution < -0.4 is 15.4 Å². The van der Waals surface area contributed by atoms with Gasteiger partial charge in [-0.3, -0.25) is 0 Å². The SMILES string of the molecule is CC1CCCN(S(=O)(=O)c2ccc(CNc3nc(Nc4cccc(C(F)(F)F)c4)nc(OCC(F)(F)F)n3)cc2)C1. The molecule has 4 rings (SSSR count). The molecule has 2 heterocycles. The molecule has 0 amide bonds. The molecule has 1 aromatic heterocycles. The maximum Gasteiger partial charge on any atom is 0.422 e. The van der Waals surface area contributed by atoms with Crippen LogP contribution in [0.4, 0.5) is 43.9 Å². The van der Waals surface area contributed by atoms with Crippen molar-refractivity contribution in [3.63, 3.8) is 0 Å². The summed E-state index contributed by atoms with van der Waals surface area (Å²) in [5.74, 6) is -0.331. The zero-order chi connectivity index (χ0) is 29.8. The van der Waals surface area contributed by atoms with Gasteiger partial charge in [-0.15, -0.1) is 0 Å². The Morgan fingerprint density at radius 2 is 1.71 bits per heavy atom. The van der Waals surface area contributed by atoms with Crippen molar-refractivity contribution in [3.05, 3.63) is 59.7 Å². The molecule has 3 aromatic rings. The molecule has 2 aromatic carbocycles. The molecule has 1 aliphatic heterocycles. The van der Waals surface area contributed by atoms with Gasteiger partial charge >= 0.3 is 18.4 Å². The van der Waals surface area contributed by atoms with Gasteiger partial charge in [0.2, 0.25) is 21.9 Å². The van der Waals surface area contributed by atoms with Crippen molar-refractivity contribution in [2.24, 2.45) is 5.92 Å². The van der Waals surface area contributed by atoms with Gasteiger partial charge in [0.05, 0.1) is 10.5 Å². The quantitative estimate of drug-likeness (QED) is 0.304. The predicted molar refractivity (Wildman–Crippen MR) is 137 cm³/mol. The number of rotatable bonds is 9. The fourth-order valence-corrected chi connectivity index (χ4v) is 5.68. The van der Waals surface area contributed by atoms with Crippen LogP contribution in [0.3, 0.4) is 0 Å². The van der Waals surface area contributed by atoms with Gasteiger partial charge < -0.3 is 15.4 Å². The highest BCUT2D eigenvalue weighted by Gasteiger charge is 2.31. The highest BCUT2D eigenvalue weighted by atomic mass is 32.2. The minimum absolute atomic E-state index is 0.0345. The molecule has 0 aliphatic carbocycles.